The van der Waals surface area contributed by atoms with Gasteiger partial charge < -0.3 is 10.0 Å². The summed E-state index contributed by atoms with van der Waals surface area (Å²) < 4.78 is 24.8. The SMILES string of the molecule is C[C@H](C(=O)N1CCSCC1)[C@H]1CC[C@@]2(C)Cc3sc(CS(=O)(=O)C(C)(C)C)nc3[C@@H](C)[C@@H]2[C@H]1O. The molecule has 0 unspecified atom stereocenters. The van der Waals surface area contributed by atoms with Crippen LogP contribution in [-0.2, 0) is 26.8 Å². The number of carbonyl (C=O) groups is 1. The number of aliphatic hydroxyl groups is 1. The van der Waals surface area contributed by atoms with Gasteiger partial charge in [0.15, 0.2) is 9.84 Å². The predicted octanol–water partition coefficient (Wildman–Crippen LogP) is 4.12. The first kappa shape index (κ1) is 26.4. The number of thioether (sulfide) groups is 1. The number of rotatable bonds is 4. The summed E-state index contributed by atoms with van der Waals surface area (Å²) in [6.07, 6.45) is 2.06. The molecule has 9 heteroatoms. The van der Waals surface area contributed by atoms with Gasteiger partial charge in [0, 0.05) is 41.3 Å². The highest BCUT2D eigenvalue weighted by atomic mass is 32.2. The maximum Gasteiger partial charge on any atom is 0.225 e. The van der Waals surface area contributed by atoms with Gasteiger partial charge in [-0.05, 0) is 57.3 Å². The van der Waals surface area contributed by atoms with Gasteiger partial charge in [-0.1, -0.05) is 20.8 Å². The number of nitrogens with zero attached hydrogens (tertiary/aromatic N) is 2. The van der Waals surface area contributed by atoms with Gasteiger partial charge in [0.2, 0.25) is 5.91 Å². The second-order valence-corrected chi connectivity index (χ2v) is 17.0. The first-order valence-electron chi connectivity index (χ1n) is 12.5. The van der Waals surface area contributed by atoms with Crippen molar-refractivity contribution < 1.29 is 18.3 Å². The van der Waals surface area contributed by atoms with Crippen molar-refractivity contribution in [1.82, 2.24) is 9.88 Å². The zero-order chi connectivity index (χ0) is 25.1. The van der Waals surface area contributed by atoms with Crippen LogP contribution in [0.2, 0.25) is 0 Å². The van der Waals surface area contributed by atoms with Crippen LogP contribution in [0.25, 0.3) is 0 Å². The first-order valence-corrected chi connectivity index (χ1v) is 16.1. The molecule has 192 valence electrons. The molecule has 2 heterocycles. The lowest BCUT2D eigenvalue weighted by Crippen LogP contribution is -2.54. The Labute approximate surface area is 213 Å². The van der Waals surface area contributed by atoms with Crippen molar-refractivity contribution in [3.05, 3.63) is 15.6 Å². The van der Waals surface area contributed by atoms with Crippen LogP contribution < -0.4 is 0 Å². The fourth-order valence-electron chi connectivity index (χ4n) is 6.29. The van der Waals surface area contributed by atoms with Gasteiger partial charge >= 0.3 is 0 Å². The van der Waals surface area contributed by atoms with E-state index in [1.807, 2.05) is 23.6 Å². The molecule has 4 rings (SSSR count). The third-order valence-electron chi connectivity index (χ3n) is 8.57. The van der Waals surface area contributed by atoms with Crippen molar-refractivity contribution in [2.45, 2.75) is 83.3 Å². The van der Waals surface area contributed by atoms with E-state index in [0.717, 1.165) is 49.6 Å². The molecule has 0 bridgehead atoms. The van der Waals surface area contributed by atoms with E-state index in [9.17, 15) is 18.3 Å². The van der Waals surface area contributed by atoms with E-state index in [2.05, 4.69) is 13.8 Å². The van der Waals surface area contributed by atoms with Crippen LogP contribution in [0.3, 0.4) is 0 Å². The minimum Gasteiger partial charge on any atom is -0.392 e. The van der Waals surface area contributed by atoms with Gasteiger partial charge in [0.25, 0.3) is 0 Å². The van der Waals surface area contributed by atoms with Crippen molar-refractivity contribution in [3.8, 4) is 0 Å². The normalized spacial score (nSPS) is 33.2. The second-order valence-electron chi connectivity index (χ2n) is 11.9. The zero-order valence-corrected chi connectivity index (χ0v) is 23.8. The number of sulfone groups is 1. The average molecular weight is 529 g/mol. The number of carbonyl (C=O) groups excluding carboxylic acids is 1. The summed E-state index contributed by atoms with van der Waals surface area (Å²) >= 11 is 3.43. The monoisotopic (exact) mass is 528 g/mol. The van der Waals surface area contributed by atoms with Crippen LogP contribution >= 0.6 is 23.1 Å². The van der Waals surface area contributed by atoms with Gasteiger partial charge in [-0.25, -0.2) is 13.4 Å². The minimum atomic E-state index is -3.30. The number of fused-ring (bicyclic) bond motifs is 2. The van der Waals surface area contributed by atoms with E-state index >= 15 is 0 Å². The Balaban J connectivity index is 1.56. The van der Waals surface area contributed by atoms with Gasteiger partial charge in [0.1, 0.15) is 10.8 Å². The Morgan fingerprint density at radius 2 is 1.94 bits per heavy atom. The molecule has 0 radical (unpaired) electrons. The van der Waals surface area contributed by atoms with Crippen LogP contribution in [0.5, 0.6) is 0 Å². The molecule has 1 aromatic heterocycles. The van der Waals surface area contributed by atoms with Crippen molar-refractivity contribution in [2.24, 2.45) is 23.2 Å². The molecular formula is C25H40N2O4S3. The van der Waals surface area contributed by atoms with Crippen LogP contribution in [0.4, 0.5) is 0 Å². The first-order chi connectivity index (χ1) is 15.7. The summed E-state index contributed by atoms with van der Waals surface area (Å²) in [4.78, 5) is 21.2. The number of amides is 1. The number of aromatic nitrogens is 1. The predicted molar refractivity (Wildman–Crippen MR) is 140 cm³/mol. The summed E-state index contributed by atoms with van der Waals surface area (Å²) in [6.45, 7) is 13.2. The standard InChI is InChI=1S/C25H40N2O4S3/c1-15(23(29)27-9-11-32-12-10-27)17-7-8-25(6)13-18-21(16(2)20(25)22(17)28)26-19(33-18)14-34(30,31)24(3,4)5/h15-17,20,22,28H,7-14H2,1-6H3/t15-,16-,17+,20+,22-,25-/m0/s1. The molecule has 3 aliphatic rings. The van der Waals surface area contributed by atoms with Crippen LogP contribution in [0.1, 0.15) is 75.9 Å². The lowest BCUT2D eigenvalue weighted by atomic mass is 9.53. The molecule has 1 N–H and O–H groups in total. The number of hydrogen-bond donors (Lipinski definition) is 1. The number of thiazole rings is 1. The van der Waals surface area contributed by atoms with Gasteiger partial charge in [0.05, 0.1) is 16.5 Å². The topological polar surface area (TPSA) is 87.6 Å². The summed E-state index contributed by atoms with van der Waals surface area (Å²) in [7, 11) is -3.30. The lowest BCUT2D eigenvalue weighted by molar-refractivity contribution is -0.144. The van der Waals surface area contributed by atoms with Gasteiger partial charge in [-0.3, -0.25) is 4.79 Å². The molecule has 6 atom stereocenters. The second kappa shape index (κ2) is 9.34. The van der Waals surface area contributed by atoms with E-state index in [-0.39, 0.29) is 40.7 Å². The number of aliphatic hydroxyl groups excluding tert-OH is 1. The third kappa shape index (κ3) is 4.71. The molecule has 1 saturated carbocycles. The Morgan fingerprint density at radius 1 is 1.29 bits per heavy atom. The van der Waals surface area contributed by atoms with E-state index in [4.69, 9.17) is 4.98 Å². The van der Waals surface area contributed by atoms with Crippen molar-refractivity contribution in [3.63, 3.8) is 0 Å². The molecular weight excluding hydrogens is 488 g/mol. The number of hydrogen-bond acceptors (Lipinski definition) is 7. The Kier molecular flexibility index (Phi) is 7.26. The molecule has 1 saturated heterocycles. The molecule has 1 aliphatic heterocycles. The smallest absolute Gasteiger partial charge is 0.225 e. The molecule has 2 aliphatic carbocycles. The highest BCUT2D eigenvalue weighted by molar-refractivity contribution is 7.99. The van der Waals surface area contributed by atoms with Gasteiger partial charge in [-0.2, -0.15) is 11.8 Å². The van der Waals surface area contributed by atoms with E-state index in [1.165, 1.54) is 16.2 Å². The maximum absolute atomic E-state index is 13.2. The van der Waals surface area contributed by atoms with Crippen LogP contribution in [-0.4, -0.2) is 64.8 Å². The van der Waals surface area contributed by atoms with E-state index in [0.29, 0.717) is 5.01 Å². The average Bonchev–Trinajstić information content (AvgIpc) is 3.14. The molecule has 6 nitrogen and oxygen atoms in total. The molecule has 0 aromatic carbocycles. The Bertz CT molecular complexity index is 1030. The molecule has 1 amide bonds. The van der Waals surface area contributed by atoms with Crippen molar-refractivity contribution >= 4 is 38.8 Å². The summed E-state index contributed by atoms with van der Waals surface area (Å²) in [6, 6.07) is 0. The quantitative estimate of drug-likeness (QED) is 0.633. The molecule has 34 heavy (non-hydrogen) atoms. The molecule has 2 fully saturated rings. The van der Waals surface area contributed by atoms with Crippen LogP contribution in [0.15, 0.2) is 0 Å². The molecule has 1 aromatic rings. The summed E-state index contributed by atoms with van der Waals surface area (Å²) in [5.41, 5.74) is 0.887. The third-order valence-corrected chi connectivity index (χ3v) is 13.3. The maximum atomic E-state index is 13.2. The van der Waals surface area contributed by atoms with Crippen LogP contribution in [0, 0.1) is 23.2 Å². The fourth-order valence-corrected chi connectivity index (χ4v) is 9.89. The lowest BCUT2D eigenvalue weighted by Gasteiger charge is -2.53. The highest BCUT2D eigenvalue weighted by Gasteiger charge is 2.54. The summed E-state index contributed by atoms with van der Waals surface area (Å²) in [5, 5.41) is 12.3. The largest absolute Gasteiger partial charge is 0.392 e. The minimum absolute atomic E-state index is 0.0140. The van der Waals surface area contributed by atoms with Crippen molar-refractivity contribution in [2.75, 3.05) is 24.6 Å². The van der Waals surface area contributed by atoms with Gasteiger partial charge in [-0.15, -0.1) is 11.3 Å². The summed E-state index contributed by atoms with van der Waals surface area (Å²) in [5.74, 6) is 1.92. The zero-order valence-electron chi connectivity index (χ0n) is 21.3. The Morgan fingerprint density at radius 3 is 2.56 bits per heavy atom. The van der Waals surface area contributed by atoms with Crippen molar-refractivity contribution in [1.29, 1.82) is 0 Å². The Hall–Kier alpha value is -0.640. The molecule has 0 spiro atoms. The highest BCUT2D eigenvalue weighted by Crippen LogP contribution is 2.57. The van der Waals surface area contributed by atoms with E-state index < -0.39 is 20.7 Å². The van der Waals surface area contributed by atoms with E-state index in [1.54, 1.807) is 20.8 Å². The fraction of sp³-hybridized carbons (Fsp3) is 0.840.